The largest absolute Gasteiger partial charge is 0.483 e. The molecule has 1 aliphatic heterocycles. The topological polar surface area (TPSA) is 18.5 Å². The molecule has 2 rings (SSSR count). The summed E-state index contributed by atoms with van der Waals surface area (Å²) < 4.78 is 11.3. The highest BCUT2D eigenvalue weighted by Crippen LogP contribution is 2.33. The van der Waals surface area contributed by atoms with Gasteiger partial charge in [0.2, 0.25) is 0 Å². The van der Waals surface area contributed by atoms with E-state index in [1.807, 2.05) is 31.2 Å². The normalized spacial score (nSPS) is 25.7. The zero-order valence-electron chi connectivity index (χ0n) is 7.37. The van der Waals surface area contributed by atoms with Crippen LogP contribution in [0.3, 0.4) is 0 Å². The van der Waals surface area contributed by atoms with Crippen LogP contribution in [-0.2, 0) is 0 Å². The van der Waals surface area contributed by atoms with Crippen LogP contribution in [0.4, 0.5) is 0 Å². The maximum Gasteiger partial charge on any atom is 0.161 e. The highest BCUT2D eigenvalue weighted by atomic mass is 35.5. The fraction of sp³-hybridized carbons (Fsp3) is 0.400. The van der Waals surface area contributed by atoms with E-state index in [1.54, 1.807) is 0 Å². The van der Waals surface area contributed by atoms with Crippen molar-refractivity contribution in [3.63, 3.8) is 0 Å². The number of hydrogen-bond donors (Lipinski definition) is 0. The Morgan fingerprint density at radius 1 is 1.23 bits per heavy atom. The summed E-state index contributed by atoms with van der Waals surface area (Å²) in [4.78, 5) is 0. The lowest BCUT2D eigenvalue weighted by Gasteiger charge is -2.30. The predicted molar refractivity (Wildman–Crippen MR) is 51.7 cm³/mol. The molecule has 0 fully saturated rings. The van der Waals surface area contributed by atoms with Crippen LogP contribution >= 0.6 is 11.6 Å². The third kappa shape index (κ3) is 1.59. The van der Waals surface area contributed by atoms with Gasteiger partial charge in [-0.05, 0) is 19.1 Å². The number of alkyl halides is 1. The zero-order chi connectivity index (χ0) is 9.26. The average molecular weight is 199 g/mol. The van der Waals surface area contributed by atoms with Crippen molar-refractivity contribution in [2.24, 2.45) is 0 Å². The first kappa shape index (κ1) is 8.70. The number of rotatable bonds is 1. The molecule has 1 aromatic carbocycles. The van der Waals surface area contributed by atoms with Gasteiger partial charge in [-0.1, -0.05) is 12.1 Å². The number of ether oxygens (including phenoxy) is 2. The Kier molecular flexibility index (Phi) is 2.32. The van der Waals surface area contributed by atoms with Gasteiger partial charge < -0.3 is 9.47 Å². The molecule has 3 heteroatoms. The quantitative estimate of drug-likeness (QED) is 0.646. The number of para-hydroxylation sites is 2. The fourth-order valence-corrected chi connectivity index (χ4v) is 1.65. The zero-order valence-corrected chi connectivity index (χ0v) is 8.12. The second-order valence-corrected chi connectivity index (χ2v) is 3.39. The van der Waals surface area contributed by atoms with Crippen LogP contribution in [0, 0.1) is 0 Å². The van der Waals surface area contributed by atoms with Crippen LogP contribution in [0.15, 0.2) is 24.3 Å². The smallest absolute Gasteiger partial charge is 0.161 e. The first-order valence-corrected chi connectivity index (χ1v) is 4.83. The summed E-state index contributed by atoms with van der Waals surface area (Å²) in [5.74, 6) is 2.04. The van der Waals surface area contributed by atoms with E-state index in [-0.39, 0.29) is 12.2 Å². The Bertz CT molecular complexity index is 301. The van der Waals surface area contributed by atoms with Gasteiger partial charge in [0.05, 0.1) is 5.88 Å². The summed E-state index contributed by atoms with van der Waals surface area (Å²) in [5.41, 5.74) is 0. The monoisotopic (exact) mass is 198 g/mol. The molecule has 0 saturated heterocycles. The van der Waals surface area contributed by atoms with Gasteiger partial charge in [0.1, 0.15) is 12.2 Å². The Morgan fingerprint density at radius 2 is 1.85 bits per heavy atom. The maximum atomic E-state index is 5.74. The van der Waals surface area contributed by atoms with Crippen molar-refractivity contribution >= 4 is 11.6 Å². The average Bonchev–Trinajstić information content (AvgIpc) is 2.17. The molecule has 0 amide bonds. The summed E-state index contributed by atoms with van der Waals surface area (Å²) in [6.45, 7) is 1.96. The lowest BCUT2D eigenvalue weighted by atomic mass is 10.2. The van der Waals surface area contributed by atoms with Crippen molar-refractivity contribution in [2.45, 2.75) is 19.1 Å². The Morgan fingerprint density at radius 3 is 2.46 bits per heavy atom. The molecule has 70 valence electrons. The van der Waals surface area contributed by atoms with E-state index in [9.17, 15) is 0 Å². The van der Waals surface area contributed by atoms with Crippen LogP contribution in [0.5, 0.6) is 11.5 Å². The Labute approximate surface area is 82.4 Å². The van der Waals surface area contributed by atoms with Crippen LogP contribution in [0.1, 0.15) is 6.92 Å². The van der Waals surface area contributed by atoms with Gasteiger partial charge in [-0.3, -0.25) is 0 Å². The molecule has 0 saturated carbocycles. The first-order valence-electron chi connectivity index (χ1n) is 4.29. The summed E-state index contributed by atoms with van der Waals surface area (Å²) in [7, 11) is 0. The van der Waals surface area contributed by atoms with E-state index in [1.165, 1.54) is 0 Å². The highest BCUT2D eigenvalue weighted by Gasteiger charge is 2.26. The van der Waals surface area contributed by atoms with Gasteiger partial charge in [0.15, 0.2) is 11.5 Å². The predicted octanol–water partition coefficient (Wildman–Crippen LogP) is 2.45. The molecular formula is C10H11ClO2. The van der Waals surface area contributed by atoms with E-state index in [2.05, 4.69) is 0 Å². The standard InChI is InChI=1S/C10H11ClO2/c1-7-10(6-11)13-9-5-3-2-4-8(9)12-7/h2-5,7,10H,6H2,1H3. The minimum Gasteiger partial charge on any atom is -0.483 e. The molecular weight excluding hydrogens is 188 g/mol. The Balaban J connectivity index is 2.27. The minimum atomic E-state index is -0.0448. The lowest BCUT2D eigenvalue weighted by molar-refractivity contribution is 0.0450. The van der Waals surface area contributed by atoms with Gasteiger partial charge in [-0.2, -0.15) is 0 Å². The Hall–Kier alpha value is -0.890. The van der Waals surface area contributed by atoms with Crippen LogP contribution in [0.2, 0.25) is 0 Å². The molecule has 1 aromatic rings. The number of hydrogen-bond acceptors (Lipinski definition) is 2. The van der Waals surface area contributed by atoms with Crippen LogP contribution in [0.25, 0.3) is 0 Å². The van der Waals surface area contributed by atoms with Crippen molar-refractivity contribution in [2.75, 3.05) is 5.88 Å². The fourth-order valence-electron chi connectivity index (χ4n) is 1.34. The van der Waals surface area contributed by atoms with E-state index in [0.717, 1.165) is 11.5 Å². The molecule has 2 nitrogen and oxygen atoms in total. The highest BCUT2D eigenvalue weighted by molar-refractivity contribution is 6.18. The van der Waals surface area contributed by atoms with E-state index in [4.69, 9.17) is 21.1 Å². The maximum absolute atomic E-state index is 5.74. The van der Waals surface area contributed by atoms with E-state index in [0.29, 0.717) is 5.88 Å². The molecule has 13 heavy (non-hydrogen) atoms. The summed E-state index contributed by atoms with van der Waals surface area (Å²) >= 11 is 5.74. The van der Waals surface area contributed by atoms with E-state index < -0.39 is 0 Å². The molecule has 1 heterocycles. The summed E-state index contributed by atoms with van der Waals surface area (Å²) in [6, 6.07) is 7.64. The number of fused-ring (bicyclic) bond motifs is 1. The summed E-state index contributed by atoms with van der Waals surface area (Å²) in [5, 5.41) is 0. The third-order valence-corrected chi connectivity index (χ3v) is 2.42. The molecule has 0 aromatic heterocycles. The van der Waals surface area contributed by atoms with Crippen molar-refractivity contribution in [3.05, 3.63) is 24.3 Å². The summed E-state index contributed by atoms with van der Waals surface area (Å²) in [6.07, 6.45) is -0.0241. The van der Waals surface area contributed by atoms with Gasteiger partial charge in [-0.25, -0.2) is 0 Å². The first-order chi connectivity index (χ1) is 6.31. The van der Waals surface area contributed by atoms with Crippen LogP contribution < -0.4 is 9.47 Å². The van der Waals surface area contributed by atoms with Gasteiger partial charge in [-0.15, -0.1) is 11.6 Å². The van der Waals surface area contributed by atoms with Crippen molar-refractivity contribution < 1.29 is 9.47 Å². The van der Waals surface area contributed by atoms with Gasteiger partial charge >= 0.3 is 0 Å². The van der Waals surface area contributed by atoms with Gasteiger partial charge in [0.25, 0.3) is 0 Å². The van der Waals surface area contributed by atoms with Gasteiger partial charge in [0, 0.05) is 0 Å². The second-order valence-electron chi connectivity index (χ2n) is 3.08. The minimum absolute atomic E-state index is 0.0207. The molecule has 0 spiro atoms. The lowest BCUT2D eigenvalue weighted by Crippen LogP contribution is -2.38. The van der Waals surface area contributed by atoms with Crippen molar-refractivity contribution in [1.82, 2.24) is 0 Å². The van der Waals surface area contributed by atoms with E-state index >= 15 is 0 Å². The number of halogens is 1. The SMILES string of the molecule is CC1Oc2ccccc2OC1CCl. The molecule has 0 bridgehead atoms. The molecule has 0 N–H and O–H groups in total. The van der Waals surface area contributed by atoms with Crippen molar-refractivity contribution in [3.8, 4) is 11.5 Å². The molecule has 2 unspecified atom stereocenters. The number of benzene rings is 1. The third-order valence-electron chi connectivity index (χ3n) is 2.12. The molecule has 0 radical (unpaired) electrons. The molecule has 2 atom stereocenters. The second kappa shape index (κ2) is 3.46. The molecule has 0 aliphatic carbocycles. The molecule has 1 aliphatic rings. The van der Waals surface area contributed by atoms with Crippen LogP contribution in [-0.4, -0.2) is 18.1 Å². The van der Waals surface area contributed by atoms with Crippen molar-refractivity contribution in [1.29, 1.82) is 0 Å².